The quantitative estimate of drug-likeness (QED) is 0.847. The van der Waals surface area contributed by atoms with Crippen molar-refractivity contribution in [1.29, 1.82) is 0 Å². The number of rotatable bonds is 3. The van der Waals surface area contributed by atoms with Crippen LogP contribution < -0.4 is 5.73 Å². The zero-order valence-electron chi connectivity index (χ0n) is 8.19. The molecule has 1 unspecified atom stereocenters. The van der Waals surface area contributed by atoms with Crippen LogP contribution in [0.3, 0.4) is 0 Å². The fourth-order valence-corrected chi connectivity index (χ4v) is 2.50. The molecule has 0 aliphatic rings. The zero-order valence-corrected chi connectivity index (χ0v) is 9.01. The lowest BCUT2D eigenvalue weighted by Crippen LogP contribution is -2.13. The van der Waals surface area contributed by atoms with Crippen molar-refractivity contribution in [3.05, 3.63) is 58.0 Å². The van der Waals surface area contributed by atoms with Crippen LogP contribution in [0.1, 0.15) is 16.4 Å². The van der Waals surface area contributed by atoms with Crippen molar-refractivity contribution in [2.45, 2.75) is 5.92 Å². The minimum Gasteiger partial charge on any atom is -0.329 e. The van der Waals surface area contributed by atoms with Crippen molar-refractivity contribution in [3.63, 3.8) is 0 Å². The van der Waals surface area contributed by atoms with Gasteiger partial charge >= 0.3 is 0 Å². The fourth-order valence-electron chi connectivity index (χ4n) is 1.64. The second-order valence-electron chi connectivity index (χ2n) is 3.33. The Hall–Kier alpha value is -1.19. The lowest BCUT2D eigenvalue weighted by Gasteiger charge is -2.13. The molecule has 0 bridgehead atoms. The van der Waals surface area contributed by atoms with E-state index in [9.17, 15) is 4.39 Å². The molecular weight excluding hydrogens is 209 g/mol. The van der Waals surface area contributed by atoms with Crippen LogP contribution in [-0.2, 0) is 0 Å². The van der Waals surface area contributed by atoms with E-state index in [1.54, 1.807) is 23.5 Å². The summed E-state index contributed by atoms with van der Waals surface area (Å²) in [5.74, 6) is -0.201. The Balaban J connectivity index is 2.40. The van der Waals surface area contributed by atoms with Crippen molar-refractivity contribution in [1.82, 2.24) is 0 Å². The molecule has 0 saturated heterocycles. The van der Waals surface area contributed by atoms with Crippen LogP contribution >= 0.6 is 11.3 Å². The molecule has 78 valence electrons. The van der Waals surface area contributed by atoms with Gasteiger partial charge in [-0.05, 0) is 23.1 Å². The van der Waals surface area contributed by atoms with Crippen LogP contribution in [0, 0.1) is 5.82 Å². The molecule has 0 radical (unpaired) electrons. The molecule has 0 aliphatic heterocycles. The van der Waals surface area contributed by atoms with Gasteiger partial charge in [0.2, 0.25) is 0 Å². The average Bonchev–Trinajstić information content (AvgIpc) is 2.75. The maximum atomic E-state index is 13.6. The molecule has 15 heavy (non-hydrogen) atoms. The lowest BCUT2D eigenvalue weighted by molar-refractivity contribution is 0.599. The first-order valence-electron chi connectivity index (χ1n) is 4.81. The molecule has 0 spiro atoms. The topological polar surface area (TPSA) is 26.0 Å². The Morgan fingerprint density at radius 3 is 2.60 bits per heavy atom. The number of hydrogen-bond acceptors (Lipinski definition) is 2. The highest BCUT2D eigenvalue weighted by Crippen LogP contribution is 2.28. The van der Waals surface area contributed by atoms with E-state index in [1.807, 2.05) is 23.6 Å². The molecular formula is C12H12FNS. The van der Waals surface area contributed by atoms with Gasteiger partial charge < -0.3 is 5.73 Å². The van der Waals surface area contributed by atoms with Gasteiger partial charge in [0.25, 0.3) is 0 Å². The smallest absolute Gasteiger partial charge is 0.127 e. The molecule has 2 N–H and O–H groups in total. The highest BCUT2D eigenvalue weighted by molar-refractivity contribution is 7.10. The highest BCUT2D eigenvalue weighted by atomic mass is 32.1. The minimum atomic E-state index is -0.179. The Kier molecular flexibility index (Phi) is 3.14. The Bertz CT molecular complexity index is 425. The van der Waals surface area contributed by atoms with Gasteiger partial charge in [0.1, 0.15) is 5.82 Å². The van der Waals surface area contributed by atoms with Gasteiger partial charge in [-0.15, -0.1) is 11.3 Å². The van der Waals surface area contributed by atoms with E-state index in [0.717, 1.165) is 4.88 Å². The summed E-state index contributed by atoms with van der Waals surface area (Å²) in [5, 5.41) is 1.98. The van der Waals surface area contributed by atoms with Gasteiger partial charge in [-0.25, -0.2) is 4.39 Å². The molecule has 1 atom stereocenters. The summed E-state index contributed by atoms with van der Waals surface area (Å²) in [5.41, 5.74) is 6.39. The Labute approximate surface area is 92.4 Å². The van der Waals surface area contributed by atoms with Gasteiger partial charge in [-0.1, -0.05) is 24.3 Å². The molecule has 0 saturated carbocycles. The van der Waals surface area contributed by atoms with Gasteiger partial charge in [-0.3, -0.25) is 0 Å². The molecule has 1 heterocycles. The highest BCUT2D eigenvalue weighted by Gasteiger charge is 2.16. The first-order valence-corrected chi connectivity index (χ1v) is 5.69. The van der Waals surface area contributed by atoms with Gasteiger partial charge in [0, 0.05) is 17.3 Å². The minimum absolute atomic E-state index is 0.0220. The second kappa shape index (κ2) is 4.55. The summed E-state index contributed by atoms with van der Waals surface area (Å²) >= 11 is 1.61. The number of hydrogen-bond donors (Lipinski definition) is 1. The Morgan fingerprint density at radius 1 is 1.20 bits per heavy atom. The van der Waals surface area contributed by atoms with Crippen molar-refractivity contribution in [2.75, 3.05) is 6.54 Å². The molecule has 2 aromatic rings. The van der Waals surface area contributed by atoms with E-state index in [0.29, 0.717) is 12.1 Å². The van der Waals surface area contributed by atoms with E-state index < -0.39 is 0 Å². The summed E-state index contributed by atoms with van der Waals surface area (Å²) < 4.78 is 13.6. The third-order valence-electron chi connectivity index (χ3n) is 2.40. The van der Waals surface area contributed by atoms with E-state index in [4.69, 9.17) is 5.73 Å². The van der Waals surface area contributed by atoms with Crippen molar-refractivity contribution < 1.29 is 4.39 Å². The van der Waals surface area contributed by atoms with E-state index in [2.05, 4.69) is 0 Å². The second-order valence-corrected chi connectivity index (χ2v) is 4.30. The van der Waals surface area contributed by atoms with Crippen LogP contribution in [-0.4, -0.2) is 6.54 Å². The normalized spacial score (nSPS) is 12.7. The van der Waals surface area contributed by atoms with Crippen molar-refractivity contribution in [3.8, 4) is 0 Å². The fraction of sp³-hybridized carbons (Fsp3) is 0.167. The van der Waals surface area contributed by atoms with Crippen molar-refractivity contribution in [2.24, 2.45) is 5.73 Å². The van der Waals surface area contributed by atoms with E-state index in [1.165, 1.54) is 6.07 Å². The van der Waals surface area contributed by atoms with Crippen molar-refractivity contribution >= 4 is 11.3 Å². The van der Waals surface area contributed by atoms with E-state index in [-0.39, 0.29) is 11.7 Å². The molecule has 1 aromatic heterocycles. The summed E-state index contributed by atoms with van der Waals surface area (Å²) in [6.45, 7) is 0.432. The molecule has 0 amide bonds. The number of benzene rings is 1. The third-order valence-corrected chi connectivity index (χ3v) is 3.39. The number of nitrogens with two attached hydrogens (primary N) is 1. The Morgan fingerprint density at radius 2 is 2.00 bits per heavy atom. The van der Waals surface area contributed by atoms with Crippen LogP contribution in [0.15, 0.2) is 41.8 Å². The SMILES string of the molecule is NCC(c1cccs1)c1ccccc1F. The maximum Gasteiger partial charge on any atom is 0.127 e. The van der Waals surface area contributed by atoms with Gasteiger partial charge in [0.05, 0.1) is 0 Å². The summed E-state index contributed by atoms with van der Waals surface area (Å²) in [7, 11) is 0. The van der Waals surface area contributed by atoms with Crippen LogP contribution in [0.5, 0.6) is 0 Å². The summed E-state index contributed by atoms with van der Waals surface area (Å²) in [4.78, 5) is 1.11. The molecule has 0 aliphatic carbocycles. The zero-order chi connectivity index (χ0) is 10.7. The predicted octanol–water partition coefficient (Wildman–Crippen LogP) is 2.98. The number of thiophene rings is 1. The molecule has 1 aromatic carbocycles. The average molecular weight is 221 g/mol. The lowest BCUT2D eigenvalue weighted by atomic mass is 9.97. The standard InChI is InChI=1S/C12H12FNS/c13-11-5-2-1-4-9(11)10(8-14)12-6-3-7-15-12/h1-7,10H,8,14H2. The molecule has 0 fully saturated rings. The van der Waals surface area contributed by atoms with Crippen LogP contribution in [0.4, 0.5) is 4.39 Å². The third kappa shape index (κ3) is 2.08. The van der Waals surface area contributed by atoms with Gasteiger partial charge in [-0.2, -0.15) is 0 Å². The molecule has 3 heteroatoms. The maximum absolute atomic E-state index is 13.6. The largest absolute Gasteiger partial charge is 0.329 e. The molecule has 2 rings (SSSR count). The first-order chi connectivity index (χ1) is 7.33. The number of halogens is 1. The predicted molar refractivity (Wildman–Crippen MR) is 61.6 cm³/mol. The van der Waals surface area contributed by atoms with Crippen LogP contribution in [0.25, 0.3) is 0 Å². The van der Waals surface area contributed by atoms with E-state index >= 15 is 0 Å². The van der Waals surface area contributed by atoms with Gasteiger partial charge in [0.15, 0.2) is 0 Å². The van der Waals surface area contributed by atoms with Crippen LogP contribution in [0.2, 0.25) is 0 Å². The first kappa shape index (κ1) is 10.3. The monoisotopic (exact) mass is 221 g/mol. The summed E-state index contributed by atoms with van der Waals surface area (Å²) in [6, 6.07) is 10.8. The molecule has 1 nitrogen and oxygen atoms in total. The summed E-state index contributed by atoms with van der Waals surface area (Å²) in [6.07, 6.45) is 0.